The topological polar surface area (TPSA) is 137 Å². The number of anilines is 1. The molecule has 0 aliphatic carbocycles. The van der Waals surface area contributed by atoms with E-state index in [1.54, 1.807) is 25.1 Å². The van der Waals surface area contributed by atoms with Crippen LogP contribution in [0.2, 0.25) is 0 Å². The molecule has 2 heterocycles. The summed E-state index contributed by atoms with van der Waals surface area (Å²) in [6, 6.07) is 7.96. The first-order valence-electron chi connectivity index (χ1n) is 9.39. The van der Waals surface area contributed by atoms with E-state index in [9.17, 15) is 19.2 Å². The smallest absolute Gasteiger partial charge is 0.411 e. The highest BCUT2D eigenvalue weighted by atomic mass is 16.5. The minimum absolute atomic E-state index is 0.0681. The van der Waals surface area contributed by atoms with Gasteiger partial charge in [-0.15, -0.1) is 0 Å². The summed E-state index contributed by atoms with van der Waals surface area (Å²) in [5.74, 6) is -1.18. The largest absolute Gasteiger partial charge is 0.459 e. The number of fused-ring (bicyclic) bond motifs is 1. The summed E-state index contributed by atoms with van der Waals surface area (Å²) >= 11 is 0. The Labute approximate surface area is 176 Å². The molecule has 3 rings (SSSR count). The Balaban J connectivity index is 1.69. The van der Waals surface area contributed by atoms with Crippen LogP contribution < -0.4 is 16.3 Å². The molecule has 10 heteroatoms. The van der Waals surface area contributed by atoms with Crippen LogP contribution in [0.3, 0.4) is 0 Å². The summed E-state index contributed by atoms with van der Waals surface area (Å²) in [4.78, 5) is 47.7. The number of hydrogen-bond acceptors (Lipinski definition) is 8. The predicted molar refractivity (Wildman–Crippen MR) is 109 cm³/mol. The Morgan fingerprint density at radius 1 is 1.13 bits per heavy atom. The van der Waals surface area contributed by atoms with Crippen molar-refractivity contribution in [3.05, 3.63) is 64.4 Å². The Bertz CT molecular complexity index is 1150. The van der Waals surface area contributed by atoms with E-state index in [0.29, 0.717) is 16.6 Å². The fourth-order valence-corrected chi connectivity index (χ4v) is 2.72. The van der Waals surface area contributed by atoms with Crippen molar-refractivity contribution in [2.45, 2.75) is 26.5 Å². The molecule has 0 aliphatic heterocycles. The van der Waals surface area contributed by atoms with E-state index < -0.39 is 29.6 Å². The maximum absolute atomic E-state index is 12.2. The Hall–Kier alpha value is -4.08. The molecule has 2 N–H and O–H groups in total. The molecule has 3 aromatic rings. The highest BCUT2D eigenvalue weighted by Crippen LogP contribution is 2.22. The molecule has 0 saturated heterocycles. The number of esters is 1. The number of benzene rings is 1. The number of furan rings is 1. The van der Waals surface area contributed by atoms with Crippen molar-refractivity contribution in [3.63, 3.8) is 0 Å². The molecule has 0 bridgehead atoms. The van der Waals surface area contributed by atoms with E-state index in [-0.39, 0.29) is 24.6 Å². The van der Waals surface area contributed by atoms with Crippen molar-refractivity contribution in [1.82, 2.24) is 5.32 Å². The summed E-state index contributed by atoms with van der Waals surface area (Å²) in [5, 5.41) is 5.50. The molecule has 10 nitrogen and oxygen atoms in total. The molecule has 0 spiro atoms. The number of hydrogen-bond donors (Lipinski definition) is 2. The van der Waals surface area contributed by atoms with Crippen molar-refractivity contribution in [2.75, 3.05) is 11.9 Å². The third-order valence-corrected chi connectivity index (χ3v) is 4.17. The van der Waals surface area contributed by atoms with Gasteiger partial charge in [-0.05, 0) is 38.1 Å². The molecule has 0 radical (unpaired) electrons. The van der Waals surface area contributed by atoms with Crippen LogP contribution in [0.15, 0.2) is 56.3 Å². The van der Waals surface area contributed by atoms with Gasteiger partial charge in [0.1, 0.15) is 18.2 Å². The molecular formula is C21H20N2O8. The van der Waals surface area contributed by atoms with Crippen molar-refractivity contribution >= 4 is 34.6 Å². The molecule has 2 aromatic heterocycles. The normalized spacial score (nSPS) is 11.5. The lowest BCUT2D eigenvalue weighted by Crippen LogP contribution is -2.39. The van der Waals surface area contributed by atoms with E-state index in [2.05, 4.69) is 10.6 Å². The molecule has 162 valence electrons. The van der Waals surface area contributed by atoms with Gasteiger partial charge in [0.25, 0.3) is 5.91 Å². The average molecular weight is 428 g/mol. The summed E-state index contributed by atoms with van der Waals surface area (Å²) in [6.45, 7) is 3.14. The van der Waals surface area contributed by atoms with E-state index in [1.807, 2.05) is 0 Å². The van der Waals surface area contributed by atoms with Gasteiger partial charge in [-0.2, -0.15) is 0 Å². The van der Waals surface area contributed by atoms with Gasteiger partial charge in [0.05, 0.1) is 12.9 Å². The van der Waals surface area contributed by atoms with Crippen molar-refractivity contribution < 1.29 is 32.7 Å². The number of nitrogens with one attached hydrogen (secondary N) is 2. The van der Waals surface area contributed by atoms with Crippen LogP contribution in [0.5, 0.6) is 0 Å². The van der Waals surface area contributed by atoms with Crippen LogP contribution in [-0.4, -0.2) is 30.6 Å². The lowest BCUT2D eigenvalue weighted by molar-refractivity contribution is -0.146. The van der Waals surface area contributed by atoms with E-state index in [1.165, 1.54) is 31.4 Å². The van der Waals surface area contributed by atoms with Gasteiger partial charge in [0.2, 0.25) is 0 Å². The molecule has 0 saturated carbocycles. The van der Waals surface area contributed by atoms with Gasteiger partial charge in [0.15, 0.2) is 5.76 Å². The van der Waals surface area contributed by atoms with Crippen LogP contribution in [0.25, 0.3) is 11.0 Å². The van der Waals surface area contributed by atoms with E-state index in [0.717, 1.165) is 0 Å². The first kappa shape index (κ1) is 21.6. The fraction of sp³-hybridized carbons (Fsp3) is 0.238. The van der Waals surface area contributed by atoms with Gasteiger partial charge in [0, 0.05) is 28.8 Å². The second-order valence-electron chi connectivity index (χ2n) is 6.43. The first-order chi connectivity index (χ1) is 14.9. The number of amides is 2. The highest BCUT2D eigenvalue weighted by molar-refractivity contribution is 5.94. The highest BCUT2D eigenvalue weighted by Gasteiger charge is 2.20. The van der Waals surface area contributed by atoms with Crippen LogP contribution in [-0.2, 0) is 20.9 Å². The molecule has 2 amide bonds. The summed E-state index contributed by atoms with van der Waals surface area (Å²) in [7, 11) is 0. The summed E-state index contributed by atoms with van der Waals surface area (Å²) in [5.41, 5.74) is 0.336. The minimum atomic E-state index is -0.940. The van der Waals surface area contributed by atoms with Crippen molar-refractivity contribution in [1.29, 1.82) is 0 Å². The monoisotopic (exact) mass is 428 g/mol. The standard InChI is InChI=1S/C21H20N2O8/c1-3-28-21(27)23-14-6-7-15-13(9-18(24)31-17(15)10-14)11-30-20(26)12(2)22-19(25)16-5-4-8-29-16/h4-10,12H,3,11H2,1-2H3,(H,22,25)(H,23,27)/t12-/m0/s1. The van der Waals surface area contributed by atoms with Gasteiger partial charge >= 0.3 is 17.7 Å². The van der Waals surface area contributed by atoms with Crippen molar-refractivity contribution in [3.8, 4) is 0 Å². The molecular weight excluding hydrogens is 408 g/mol. The second-order valence-corrected chi connectivity index (χ2v) is 6.43. The minimum Gasteiger partial charge on any atom is -0.459 e. The van der Waals surface area contributed by atoms with Gasteiger partial charge in [-0.25, -0.2) is 14.4 Å². The Morgan fingerprint density at radius 3 is 2.65 bits per heavy atom. The van der Waals surface area contributed by atoms with Crippen LogP contribution in [0.1, 0.15) is 30.0 Å². The number of ether oxygens (including phenoxy) is 2. The second kappa shape index (κ2) is 9.61. The lowest BCUT2D eigenvalue weighted by atomic mass is 10.1. The quantitative estimate of drug-likeness (QED) is 0.433. The maximum Gasteiger partial charge on any atom is 0.411 e. The number of carbonyl (C=O) groups is 3. The first-order valence-corrected chi connectivity index (χ1v) is 9.39. The fourth-order valence-electron chi connectivity index (χ4n) is 2.72. The molecule has 1 aromatic carbocycles. The molecule has 0 unspecified atom stereocenters. The zero-order valence-corrected chi connectivity index (χ0v) is 16.8. The van der Waals surface area contributed by atoms with E-state index >= 15 is 0 Å². The van der Waals surface area contributed by atoms with Crippen LogP contribution >= 0.6 is 0 Å². The van der Waals surface area contributed by atoms with Crippen molar-refractivity contribution in [2.24, 2.45) is 0 Å². The average Bonchev–Trinajstić information content (AvgIpc) is 3.26. The Kier molecular flexibility index (Phi) is 6.71. The number of rotatable bonds is 7. The zero-order valence-electron chi connectivity index (χ0n) is 16.8. The van der Waals surface area contributed by atoms with Gasteiger partial charge in [-0.3, -0.25) is 10.1 Å². The van der Waals surface area contributed by atoms with Crippen LogP contribution in [0, 0.1) is 0 Å². The molecule has 0 aliphatic rings. The van der Waals surface area contributed by atoms with Gasteiger partial charge < -0.3 is 23.6 Å². The van der Waals surface area contributed by atoms with Crippen LogP contribution in [0.4, 0.5) is 10.5 Å². The lowest BCUT2D eigenvalue weighted by Gasteiger charge is -2.13. The Morgan fingerprint density at radius 2 is 1.94 bits per heavy atom. The third-order valence-electron chi connectivity index (χ3n) is 4.17. The summed E-state index contributed by atoms with van der Waals surface area (Å²) < 4.78 is 20.2. The summed E-state index contributed by atoms with van der Waals surface area (Å²) in [6.07, 6.45) is 0.706. The molecule has 1 atom stereocenters. The van der Waals surface area contributed by atoms with E-state index in [4.69, 9.17) is 18.3 Å². The predicted octanol–water partition coefficient (Wildman–Crippen LogP) is 2.82. The maximum atomic E-state index is 12.2. The molecule has 31 heavy (non-hydrogen) atoms. The zero-order chi connectivity index (χ0) is 22.4. The number of carbonyl (C=O) groups excluding carboxylic acids is 3. The van der Waals surface area contributed by atoms with Gasteiger partial charge in [-0.1, -0.05) is 0 Å². The molecule has 0 fully saturated rings. The SMILES string of the molecule is CCOC(=O)Nc1ccc2c(COC(=O)[C@H](C)NC(=O)c3ccco3)cc(=O)oc2c1. The third kappa shape index (κ3) is 5.50.